The Hall–Kier alpha value is -4.00. The van der Waals surface area contributed by atoms with E-state index in [1.807, 2.05) is 24.3 Å². The number of nitrogens with zero attached hydrogens (tertiary/aromatic N) is 1. The van der Waals surface area contributed by atoms with Crippen LogP contribution in [0.2, 0.25) is 0 Å². The molecule has 2 N–H and O–H groups in total. The SMILES string of the molecule is O=C(Nc1ccc(-c2cccc3ncoc23)c2c1C(=O)NC2)c1ccc(F)cc1. The second-order valence-electron chi connectivity index (χ2n) is 6.66. The van der Waals surface area contributed by atoms with Crippen LogP contribution in [-0.4, -0.2) is 16.8 Å². The molecular formula is C22H14FN3O3. The first-order valence-electron chi connectivity index (χ1n) is 8.95. The highest BCUT2D eigenvalue weighted by atomic mass is 19.1. The third kappa shape index (κ3) is 2.84. The Morgan fingerprint density at radius 2 is 1.90 bits per heavy atom. The third-order valence-corrected chi connectivity index (χ3v) is 4.97. The topological polar surface area (TPSA) is 84.2 Å². The van der Waals surface area contributed by atoms with Crippen LogP contribution in [0.5, 0.6) is 0 Å². The van der Waals surface area contributed by atoms with Crippen molar-refractivity contribution in [2.75, 3.05) is 5.32 Å². The molecule has 4 aromatic rings. The average Bonchev–Trinajstić information content (AvgIpc) is 3.36. The lowest BCUT2D eigenvalue weighted by Crippen LogP contribution is -2.17. The Labute approximate surface area is 164 Å². The van der Waals surface area contributed by atoms with Gasteiger partial charge in [0.1, 0.15) is 11.3 Å². The van der Waals surface area contributed by atoms with E-state index in [1.54, 1.807) is 6.07 Å². The predicted octanol–water partition coefficient (Wildman–Crippen LogP) is 4.13. The van der Waals surface area contributed by atoms with Gasteiger partial charge < -0.3 is 15.1 Å². The highest BCUT2D eigenvalue weighted by Gasteiger charge is 2.27. The number of fused-ring (bicyclic) bond motifs is 2. The number of aromatic nitrogens is 1. The second-order valence-corrected chi connectivity index (χ2v) is 6.66. The molecule has 0 bridgehead atoms. The molecule has 0 saturated heterocycles. The smallest absolute Gasteiger partial charge is 0.255 e. The molecule has 3 aromatic carbocycles. The molecule has 0 aliphatic carbocycles. The van der Waals surface area contributed by atoms with E-state index in [9.17, 15) is 14.0 Å². The molecule has 2 heterocycles. The fraction of sp³-hybridized carbons (Fsp3) is 0.0455. The Bertz CT molecular complexity index is 1280. The van der Waals surface area contributed by atoms with E-state index < -0.39 is 11.7 Å². The standard InChI is InChI=1S/C22H14FN3O3/c23-13-6-4-12(5-7-13)21(27)26-17-9-8-14(16-10-24-22(28)19(16)17)15-2-1-3-18-20(15)29-11-25-18/h1-9,11H,10H2,(H,24,28)(H,26,27). The minimum absolute atomic E-state index is 0.263. The summed E-state index contributed by atoms with van der Waals surface area (Å²) in [6, 6.07) is 14.4. The zero-order valence-electron chi connectivity index (χ0n) is 15.0. The summed E-state index contributed by atoms with van der Waals surface area (Å²) in [5.74, 6) is -1.11. The highest BCUT2D eigenvalue weighted by Crippen LogP contribution is 2.37. The minimum atomic E-state index is -0.423. The first-order valence-corrected chi connectivity index (χ1v) is 8.95. The van der Waals surface area contributed by atoms with Gasteiger partial charge in [-0.25, -0.2) is 9.37 Å². The Balaban J connectivity index is 1.58. The second kappa shape index (κ2) is 6.56. The summed E-state index contributed by atoms with van der Waals surface area (Å²) in [5.41, 5.74) is 4.90. The maximum Gasteiger partial charge on any atom is 0.255 e. The Kier molecular flexibility index (Phi) is 3.87. The van der Waals surface area contributed by atoms with Gasteiger partial charge in [0.15, 0.2) is 12.0 Å². The van der Waals surface area contributed by atoms with Crippen molar-refractivity contribution >= 4 is 28.6 Å². The summed E-state index contributed by atoms with van der Waals surface area (Å²) < 4.78 is 18.6. The summed E-state index contributed by atoms with van der Waals surface area (Å²) in [4.78, 5) is 29.2. The van der Waals surface area contributed by atoms with Gasteiger partial charge in [-0.2, -0.15) is 0 Å². The van der Waals surface area contributed by atoms with Crippen LogP contribution >= 0.6 is 0 Å². The van der Waals surface area contributed by atoms with Gasteiger partial charge in [-0.1, -0.05) is 18.2 Å². The molecule has 0 spiro atoms. The van der Waals surface area contributed by atoms with E-state index in [0.29, 0.717) is 28.9 Å². The van der Waals surface area contributed by atoms with Gasteiger partial charge in [-0.15, -0.1) is 0 Å². The van der Waals surface area contributed by atoms with Crippen molar-refractivity contribution in [2.45, 2.75) is 6.54 Å². The van der Waals surface area contributed by atoms with Crippen LogP contribution in [0.3, 0.4) is 0 Å². The molecule has 1 aliphatic heterocycles. The van der Waals surface area contributed by atoms with Crippen LogP contribution < -0.4 is 10.6 Å². The summed E-state index contributed by atoms with van der Waals surface area (Å²) >= 11 is 0. The number of rotatable bonds is 3. The number of hydrogen-bond donors (Lipinski definition) is 2. The van der Waals surface area contributed by atoms with Gasteiger partial charge in [0.25, 0.3) is 11.8 Å². The number of nitrogens with one attached hydrogen (secondary N) is 2. The van der Waals surface area contributed by atoms with Crippen molar-refractivity contribution in [3.8, 4) is 11.1 Å². The van der Waals surface area contributed by atoms with Gasteiger partial charge in [-0.3, -0.25) is 9.59 Å². The summed E-state index contributed by atoms with van der Waals surface area (Å²) in [6.45, 7) is 0.342. The van der Waals surface area contributed by atoms with Crippen molar-refractivity contribution in [1.29, 1.82) is 0 Å². The third-order valence-electron chi connectivity index (χ3n) is 4.97. The maximum absolute atomic E-state index is 13.1. The predicted molar refractivity (Wildman–Crippen MR) is 105 cm³/mol. The molecule has 7 heteroatoms. The lowest BCUT2D eigenvalue weighted by atomic mass is 9.95. The summed E-state index contributed by atoms with van der Waals surface area (Å²) in [6.07, 6.45) is 1.38. The van der Waals surface area contributed by atoms with Crippen LogP contribution in [0.15, 0.2) is 65.4 Å². The van der Waals surface area contributed by atoms with Crippen LogP contribution in [0.25, 0.3) is 22.2 Å². The van der Waals surface area contributed by atoms with E-state index in [2.05, 4.69) is 15.6 Å². The van der Waals surface area contributed by atoms with Crippen LogP contribution in [0.4, 0.5) is 10.1 Å². The zero-order chi connectivity index (χ0) is 20.0. The molecule has 0 atom stereocenters. The van der Waals surface area contributed by atoms with Crippen molar-refractivity contribution in [3.05, 3.63) is 83.5 Å². The fourth-order valence-corrected chi connectivity index (χ4v) is 3.60. The van der Waals surface area contributed by atoms with Crippen molar-refractivity contribution < 1.29 is 18.4 Å². The number of carbonyl (C=O) groups is 2. The van der Waals surface area contributed by atoms with Gasteiger partial charge in [-0.05, 0) is 47.5 Å². The zero-order valence-corrected chi connectivity index (χ0v) is 15.0. The van der Waals surface area contributed by atoms with Gasteiger partial charge in [0.05, 0.1) is 11.3 Å². The molecule has 1 aliphatic rings. The Morgan fingerprint density at radius 1 is 1.07 bits per heavy atom. The normalized spacial score (nSPS) is 12.7. The van der Waals surface area contributed by atoms with Crippen LogP contribution in [0, 0.1) is 5.82 Å². The number of anilines is 1. The van der Waals surface area contributed by atoms with Gasteiger partial charge >= 0.3 is 0 Å². The van der Waals surface area contributed by atoms with Crippen molar-refractivity contribution in [2.24, 2.45) is 0 Å². The molecule has 2 amide bonds. The number of benzene rings is 3. The molecule has 0 radical (unpaired) electrons. The van der Waals surface area contributed by atoms with E-state index in [4.69, 9.17) is 4.42 Å². The van der Waals surface area contributed by atoms with Crippen molar-refractivity contribution in [1.82, 2.24) is 10.3 Å². The van der Waals surface area contributed by atoms with Crippen molar-refractivity contribution in [3.63, 3.8) is 0 Å². The van der Waals surface area contributed by atoms with Gasteiger partial charge in [0.2, 0.25) is 0 Å². The Morgan fingerprint density at radius 3 is 2.72 bits per heavy atom. The first kappa shape index (κ1) is 17.1. The molecule has 142 valence electrons. The average molecular weight is 387 g/mol. The molecule has 6 nitrogen and oxygen atoms in total. The monoisotopic (exact) mass is 387 g/mol. The number of oxazole rings is 1. The molecule has 5 rings (SSSR count). The fourth-order valence-electron chi connectivity index (χ4n) is 3.60. The number of hydrogen-bond acceptors (Lipinski definition) is 4. The van der Waals surface area contributed by atoms with E-state index >= 15 is 0 Å². The summed E-state index contributed by atoms with van der Waals surface area (Å²) in [7, 11) is 0. The maximum atomic E-state index is 13.1. The highest BCUT2D eigenvalue weighted by molar-refractivity contribution is 6.12. The number of halogens is 1. The molecule has 1 aromatic heterocycles. The van der Waals surface area contributed by atoms with Crippen LogP contribution in [0.1, 0.15) is 26.3 Å². The van der Waals surface area contributed by atoms with Gasteiger partial charge in [0, 0.05) is 17.7 Å². The lowest BCUT2D eigenvalue weighted by Gasteiger charge is -2.13. The molecule has 0 fully saturated rings. The summed E-state index contributed by atoms with van der Waals surface area (Å²) in [5, 5.41) is 5.57. The number of amides is 2. The molecule has 29 heavy (non-hydrogen) atoms. The van der Waals surface area contributed by atoms with E-state index in [0.717, 1.165) is 22.2 Å². The largest absolute Gasteiger partial charge is 0.443 e. The minimum Gasteiger partial charge on any atom is -0.443 e. The lowest BCUT2D eigenvalue weighted by molar-refractivity contribution is 0.0966. The number of para-hydroxylation sites is 1. The van der Waals surface area contributed by atoms with Crippen LogP contribution in [-0.2, 0) is 6.54 Å². The van der Waals surface area contributed by atoms with E-state index in [1.165, 1.54) is 30.7 Å². The quantitative estimate of drug-likeness (QED) is 0.554. The van der Waals surface area contributed by atoms with E-state index in [-0.39, 0.29) is 5.91 Å². The molecule has 0 saturated carbocycles. The molecular weight excluding hydrogens is 373 g/mol. The molecule has 0 unspecified atom stereocenters. The number of carbonyl (C=O) groups excluding carboxylic acids is 2. The first-order chi connectivity index (χ1) is 14.1.